The minimum atomic E-state index is -1.58. The van der Waals surface area contributed by atoms with E-state index in [0.717, 1.165) is 116 Å². The summed E-state index contributed by atoms with van der Waals surface area (Å²) in [7, 11) is 0. The molecule has 1 fully saturated rings. The largest absolute Gasteiger partial charge is 0.394 e. The number of hydrogen-bond donors (Lipinski definition) is 6. The van der Waals surface area contributed by atoms with Crippen molar-refractivity contribution in [1.29, 1.82) is 0 Å². The van der Waals surface area contributed by atoms with Gasteiger partial charge >= 0.3 is 0 Å². The van der Waals surface area contributed by atoms with Crippen molar-refractivity contribution in [2.75, 3.05) is 13.2 Å². The van der Waals surface area contributed by atoms with Gasteiger partial charge in [-0.15, -0.1) is 0 Å². The Hall–Kier alpha value is -3.15. The van der Waals surface area contributed by atoms with E-state index >= 15 is 0 Å². The van der Waals surface area contributed by atoms with E-state index in [2.05, 4.69) is 116 Å². The molecule has 1 saturated heterocycles. The molecule has 1 amide bonds. The highest BCUT2D eigenvalue weighted by molar-refractivity contribution is 5.76. The molecular formula is C65H111NO8. The van der Waals surface area contributed by atoms with Gasteiger partial charge in [0, 0.05) is 6.42 Å². The number of unbranched alkanes of at least 4 members (excludes halogenated alkanes) is 24. The Morgan fingerprint density at radius 1 is 0.473 bits per heavy atom. The van der Waals surface area contributed by atoms with Crippen LogP contribution in [0.5, 0.6) is 0 Å². The maximum atomic E-state index is 13.1. The predicted molar refractivity (Wildman–Crippen MR) is 313 cm³/mol. The van der Waals surface area contributed by atoms with Crippen molar-refractivity contribution in [3.8, 4) is 0 Å². The van der Waals surface area contributed by atoms with Gasteiger partial charge in [-0.2, -0.15) is 0 Å². The summed E-state index contributed by atoms with van der Waals surface area (Å²) >= 11 is 0. The average molecular weight is 1030 g/mol. The highest BCUT2D eigenvalue weighted by Crippen LogP contribution is 2.23. The van der Waals surface area contributed by atoms with E-state index < -0.39 is 49.5 Å². The molecule has 7 unspecified atom stereocenters. The summed E-state index contributed by atoms with van der Waals surface area (Å²) in [5.74, 6) is -0.195. The molecule has 1 heterocycles. The predicted octanol–water partition coefficient (Wildman–Crippen LogP) is 15.3. The first-order valence-corrected chi connectivity index (χ1v) is 30.1. The molecule has 0 aromatic rings. The number of amides is 1. The Labute approximate surface area is 453 Å². The summed E-state index contributed by atoms with van der Waals surface area (Å²) < 4.78 is 11.3. The van der Waals surface area contributed by atoms with E-state index in [4.69, 9.17) is 9.47 Å². The van der Waals surface area contributed by atoms with Crippen LogP contribution in [0.2, 0.25) is 0 Å². The van der Waals surface area contributed by atoms with Crippen LogP contribution in [-0.2, 0) is 14.3 Å². The first kappa shape index (κ1) is 68.9. The zero-order valence-electron chi connectivity index (χ0n) is 47.1. The molecule has 0 aromatic heterocycles. The zero-order chi connectivity index (χ0) is 53.6. The number of aliphatic hydroxyl groups excluding tert-OH is 5. The molecule has 1 aliphatic heterocycles. The van der Waals surface area contributed by atoms with Crippen LogP contribution in [0.25, 0.3) is 0 Å². The van der Waals surface area contributed by atoms with Crippen molar-refractivity contribution in [2.45, 2.75) is 281 Å². The number of carbonyl (C=O) groups is 1. The van der Waals surface area contributed by atoms with E-state index in [1.54, 1.807) is 6.08 Å². The Morgan fingerprint density at radius 2 is 0.838 bits per heavy atom. The lowest BCUT2D eigenvalue weighted by atomic mass is 9.99. The van der Waals surface area contributed by atoms with Gasteiger partial charge in [0.2, 0.25) is 5.91 Å². The first-order valence-electron chi connectivity index (χ1n) is 30.1. The molecule has 6 N–H and O–H groups in total. The van der Waals surface area contributed by atoms with Gasteiger partial charge in [-0.3, -0.25) is 4.79 Å². The van der Waals surface area contributed by atoms with Gasteiger partial charge in [0.25, 0.3) is 0 Å². The Kier molecular flexibility index (Phi) is 49.6. The molecule has 74 heavy (non-hydrogen) atoms. The fraction of sp³-hybridized carbons (Fsp3) is 0.708. The SMILES string of the molecule is CC/C=C\C/C=C\C/C=C\C/C=C\C/C=C\C/C=C\C/C=C\C/C=C\CCCCCCCCC(=O)NC(COC1OC(CO)C(O)C(O)C1O)C(O)/C=C/CCCCCCCCCCCCCCCCCCCC. The number of carbonyl (C=O) groups excluding carboxylic acids is 1. The first-order chi connectivity index (χ1) is 36.3. The molecule has 1 aliphatic rings. The molecule has 424 valence electrons. The monoisotopic (exact) mass is 1030 g/mol. The number of allylic oxidation sites excluding steroid dienone is 17. The second-order valence-corrected chi connectivity index (χ2v) is 20.4. The third-order valence-electron chi connectivity index (χ3n) is 13.6. The van der Waals surface area contributed by atoms with Crippen molar-refractivity contribution in [1.82, 2.24) is 5.32 Å². The molecule has 0 aliphatic carbocycles. The molecule has 1 rings (SSSR count). The van der Waals surface area contributed by atoms with Crippen LogP contribution in [0.3, 0.4) is 0 Å². The number of hydrogen-bond acceptors (Lipinski definition) is 8. The summed E-state index contributed by atoms with van der Waals surface area (Å²) in [6, 6.07) is -0.822. The van der Waals surface area contributed by atoms with Crippen molar-refractivity contribution < 1.29 is 39.8 Å². The van der Waals surface area contributed by atoms with Gasteiger partial charge in [0.05, 0.1) is 25.4 Å². The van der Waals surface area contributed by atoms with E-state index in [9.17, 15) is 30.3 Å². The van der Waals surface area contributed by atoms with Crippen LogP contribution in [0.15, 0.2) is 109 Å². The fourth-order valence-corrected chi connectivity index (χ4v) is 8.88. The van der Waals surface area contributed by atoms with Crippen molar-refractivity contribution in [3.05, 3.63) is 109 Å². The van der Waals surface area contributed by atoms with Gasteiger partial charge in [-0.05, 0) is 83.5 Å². The second-order valence-electron chi connectivity index (χ2n) is 20.4. The zero-order valence-corrected chi connectivity index (χ0v) is 47.1. The molecule has 0 bridgehead atoms. The smallest absolute Gasteiger partial charge is 0.220 e. The summed E-state index contributed by atoms with van der Waals surface area (Å²) in [6.07, 6.45) is 71.4. The summed E-state index contributed by atoms with van der Waals surface area (Å²) in [4.78, 5) is 13.1. The van der Waals surface area contributed by atoms with E-state index in [0.29, 0.717) is 6.42 Å². The minimum Gasteiger partial charge on any atom is -0.394 e. The minimum absolute atomic E-state index is 0.195. The third-order valence-corrected chi connectivity index (χ3v) is 13.6. The quantitative estimate of drug-likeness (QED) is 0.0261. The lowest BCUT2D eigenvalue weighted by Gasteiger charge is -2.40. The lowest BCUT2D eigenvalue weighted by Crippen LogP contribution is -2.60. The normalized spacial score (nSPS) is 19.8. The van der Waals surface area contributed by atoms with Crippen LogP contribution < -0.4 is 5.32 Å². The molecular weight excluding hydrogens is 923 g/mol. The topological polar surface area (TPSA) is 149 Å². The van der Waals surface area contributed by atoms with Crippen LogP contribution in [0.1, 0.15) is 239 Å². The van der Waals surface area contributed by atoms with Crippen molar-refractivity contribution >= 4 is 5.91 Å². The number of nitrogens with one attached hydrogen (secondary N) is 1. The Morgan fingerprint density at radius 3 is 1.24 bits per heavy atom. The standard InChI is InChI=1S/C65H111NO8/c1-3-5-7-9-11-13-15-17-19-21-23-25-26-27-28-29-30-31-32-33-34-35-37-39-41-43-45-47-49-51-53-55-61(69)66-58(57-73-65-64(72)63(71)62(70)60(56-67)74-65)59(68)54-52-50-48-46-44-42-40-38-36-24-22-20-18-16-14-12-10-8-6-4-2/h5,7,11,13,17,19,23,25,27-28,30-31,33-34,37,39,52,54,58-60,62-65,67-68,70-72H,3-4,6,8-10,12,14-16,18,20-22,24,26,29,32,35-36,38,40-51,53,55-57H2,1-2H3,(H,66,69)/b7-5-,13-11-,19-17-,25-23-,28-27-,31-30-,34-33-,39-37-,54-52+. The van der Waals surface area contributed by atoms with Crippen LogP contribution in [-0.4, -0.2) is 87.5 Å². The lowest BCUT2D eigenvalue weighted by molar-refractivity contribution is -0.302. The van der Waals surface area contributed by atoms with Crippen LogP contribution in [0, 0.1) is 0 Å². The van der Waals surface area contributed by atoms with Crippen LogP contribution in [0.4, 0.5) is 0 Å². The number of aliphatic hydroxyl groups is 5. The third kappa shape index (κ3) is 42.0. The fourth-order valence-electron chi connectivity index (χ4n) is 8.88. The number of rotatable bonds is 50. The van der Waals surface area contributed by atoms with Crippen LogP contribution >= 0.6 is 0 Å². The van der Waals surface area contributed by atoms with Gasteiger partial charge in [0.1, 0.15) is 24.4 Å². The highest BCUT2D eigenvalue weighted by atomic mass is 16.7. The summed E-state index contributed by atoms with van der Waals surface area (Å²) in [6.45, 7) is 3.66. The second kappa shape index (κ2) is 53.3. The van der Waals surface area contributed by atoms with Crippen molar-refractivity contribution in [3.63, 3.8) is 0 Å². The molecule has 7 atom stereocenters. The highest BCUT2D eigenvalue weighted by Gasteiger charge is 2.44. The molecule has 0 spiro atoms. The maximum absolute atomic E-state index is 13.1. The number of ether oxygens (including phenoxy) is 2. The van der Waals surface area contributed by atoms with Gasteiger partial charge in [-0.25, -0.2) is 0 Å². The van der Waals surface area contributed by atoms with E-state index in [1.165, 1.54) is 103 Å². The molecule has 9 nitrogen and oxygen atoms in total. The Balaban J connectivity index is 2.24. The van der Waals surface area contributed by atoms with Gasteiger partial charge < -0.3 is 40.3 Å². The average Bonchev–Trinajstić information content (AvgIpc) is 3.40. The molecule has 0 radical (unpaired) electrons. The molecule has 0 saturated carbocycles. The van der Waals surface area contributed by atoms with E-state index in [-0.39, 0.29) is 12.5 Å². The van der Waals surface area contributed by atoms with E-state index in [1.807, 2.05) is 6.08 Å². The molecule has 9 heteroatoms. The summed E-state index contributed by atoms with van der Waals surface area (Å²) in [5, 5.41) is 54.6. The van der Waals surface area contributed by atoms with Gasteiger partial charge in [-0.1, -0.05) is 258 Å². The van der Waals surface area contributed by atoms with Crippen molar-refractivity contribution in [2.24, 2.45) is 0 Å². The maximum Gasteiger partial charge on any atom is 0.220 e. The van der Waals surface area contributed by atoms with Gasteiger partial charge in [0.15, 0.2) is 6.29 Å². The molecule has 0 aromatic carbocycles. The Bertz CT molecular complexity index is 1530. The summed E-state index contributed by atoms with van der Waals surface area (Å²) in [5.41, 5.74) is 0.